The second-order valence-corrected chi connectivity index (χ2v) is 8.09. The fourth-order valence-electron chi connectivity index (χ4n) is 3.89. The number of hydrogen-bond acceptors (Lipinski definition) is 4. The third-order valence-electron chi connectivity index (χ3n) is 5.89. The van der Waals surface area contributed by atoms with Gasteiger partial charge >= 0.3 is 0 Å². The third kappa shape index (κ3) is 4.85. The summed E-state index contributed by atoms with van der Waals surface area (Å²) in [4.78, 5) is 29.3. The van der Waals surface area contributed by atoms with E-state index in [0.717, 1.165) is 42.1 Å². The maximum atomic E-state index is 12.8. The average molecular weight is 417 g/mol. The van der Waals surface area contributed by atoms with Gasteiger partial charge in [-0.05, 0) is 55.2 Å². The molecule has 6 nitrogen and oxygen atoms in total. The first-order chi connectivity index (χ1) is 15.0. The first kappa shape index (κ1) is 20.8. The number of rotatable bonds is 4. The van der Waals surface area contributed by atoms with Gasteiger partial charge in [0, 0.05) is 32.2 Å². The smallest absolute Gasteiger partial charge is 0.271 e. The minimum absolute atomic E-state index is 0.151. The molecule has 2 heterocycles. The molecule has 4 rings (SSSR count). The van der Waals surface area contributed by atoms with Gasteiger partial charge in [0.25, 0.3) is 5.56 Å². The van der Waals surface area contributed by atoms with Crippen molar-refractivity contribution in [1.29, 1.82) is 0 Å². The van der Waals surface area contributed by atoms with Crippen molar-refractivity contribution in [3.63, 3.8) is 0 Å². The molecule has 0 N–H and O–H groups in total. The number of aryl methyl sites for hydroxylation is 2. The summed E-state index contributed by atoms with van der Waals surface area (Å²) in [6.45, 7) is 6.96. The van der Waals surface area contributed by atoms with Gasteiger partial charge < -0.3 is 9.80 Å². The molecule has 1 amide bonds. The van der Waals surface area contributed by atoms with Crippen LogP contribution in [0, 0.1) is 13.8 Å². The van der Waals surface area contributed by atoms with Gasteiger partial charge in [0.05, 0.1) is 12.1 Å². The lowest BCUT2D eigenvalue weighted by Crippen LogP contribution is -2.36. The standard InChI is InChI=1S/C25H28N4O2/c1-19-9-10-22(17-20(19)2)29-24(30)12-11-23(26-29)27-13-6-14-28(16-15-27)25(31)18-21-7-4-3-5-8-21/h3-5,7-12,17H,6,13-16,18H2,1-2H3. The Morgan fingerprint density at radius 1 is 0.903 bits per heavy atom. The zero-order chi connectivity index (χ0) is 21.8. The summed E-state index contributed by atoms with van der Waals surface area (Å²) in [6.07, 6.45) is 1.29. The van der Waals surface area contributed by atoms with E-state index in [4.69, 9.17) is 0 Å². The Labute approximate surface area is 182 Å². The molecule has 2 aromatic carbocycles. The number of benzene rings is 2. The number of anilines is 1. The zero-order valence-electron chi connectivity index (χ0n) is 18.1. The molecule has 0 radical (unpaired) electrons. The lowest BCUT2D eigenvalue weighted by Gasteiger charge is -2.23. The highest BCUT2D eigenvalue weighted by Crippen LogP contribution is 2.16. The van der Waals surface area contributed by atoms with E-state index in [2.05, 4.69) is 10.00 Å². The molecule has 0 aliphatic carbocycles. The van der Waals surface area contributed by atoms with Crippen LogP contribution < -0.4 is 10.5 Å². The van der Waals surface area contributed by atoms with E-state index >= 15 is 0 Å². The molecule has 1 saturated heterocycles. The molecule has 160 valence electrons. The van der Waals surface area contributed by atoms with Crippen molar-refractivity contribution < 1.29 is 4.79 Å². The predicted molar refractivity (Wildman–Crippen MR) is 123 cm³/mol. The summed E-state index contributed by atoms with van der Waals surface area (Å²) >= 11 is 0. The number of hydrogen-bond donors (Lipinski definition) is 0. The highest BCUT2D eigenvalue weighted by molar-refractivity contribution is 5.78. The van der Waals surface area contributed by atoms with Crippen LogP contribution in [0.5, 0.6) is 0 Å². The molecule has 31 heavy (non-hydrogen) atoms. The molecule has 0 spiro atoms. The summed E-state index contributed by atoms with van der Waals surface area (Å²) in [5, 5.41) is 4.64. The first-order valence-electron chi connectivity index (χ1n) is 10.8. The van der Waals surface area contributed by atoms with Crippen molar-refractivity contribution >= 4 is 11.7 Å². The highest BCUT2D eigenvalue weighted by atomic mass is 16.2. The van der Waals surface area contributed by atoms with Crippen LogP contribution >= 0.6 is 0 Å². The van der Waals surface area contributed by atoms with Crippen molar-refractivity contribution in [2.24, 2.45) is 0 Å². The summed E-state index contributed by atoms with van der Waals surface area (Å²) in [5.74, 6) is 0.913. The van der Waals surface area contributed by atoms with Crippen molar-refractivity contribution in [3.05, 3.63) is 87.7 Å². The fourth-order valence-corrected chi connectivity index (χ4v) is 3.89. The minimum atomic E-state index is -0.151. The molecule has 1 fully saturated rings. The largest absolute Gasteiger partial charge is 0.353 e. The fraction of sp³-hybridized carbons (Fsp3) is 0.320. The van der Waals surface area contributed by atoms with Crippen LogP contribution in [0.25, 0.3) is 5.69 Å². The van der Waals surface area contributed by atoms with Gasteiger partial charge in [-0.15, -0.1) is 5.10 Å². The molecule has 1 aliphatic heterocycles. The Hall–Kier alpha value is -3.41. The second kappa shape index (κ2) is 9.16. The van der Waals surface area contributed by atoms with Crippen LogP contribution in [0.15, 0.2) is 65.5 Å². The molecular weight excluding hydrogens is 388 g/mol. The van der Waals surface area contributed by atoms with Gasteiger partial charge in [0.2, 0.25) is 5.91 Å². The molecule has 3 aromatic rings. The molecular formula is C25H28N4O2. The summed E-state index contributed by atoms with van der Waals surface area (Å²) in [7, 11) is 0. The van der Waals surface area contributed by atoms with Crippen molar-refractivity contribution in [2.45, 2.75) is 26.7 Å². The maximum Gasteiger partial charge on any atom is 0.271 e. The van der Waals surface area contributed by atoms with E-state index in [1.807, 2.05) is 67.3 Å². The molecule has 6 heteroatoms. The third-order valence-corrected chi connectivity index (χ3v) is 5.89. The van der Waals surface area contributed by atoms with Crippen LogP contribution in [0.3, 0.4) is 0 Å². The molecule has 0 bridgehead atoms. The van der Waals surface area contributed by atoms with Gasteiger partial charge in [-0.1, -0.05) is 36.4 Å². The van der Waals surface area contributed by atoms with Crippen LogP contribution in [0.2, 0.25) is 0 Å². The Balaban J connectivity index is 1.48. The highest BCUT2D eigenvalue weighted by Gasteiger charge is 2.20. The lowest BCUT2D eigenvalue weighted by molar-refractivity contribution is -0.130. The Morgan fingerprint density at radius 2 is 1.71 bits per heavy atom. The van der Waals surface area contributed by atoms with Crippen molar-refractivity contribution in [3.8, 4) is 5.69 Å². The molecule has 1 aliphatic rings. The summed E-state index contributed by atoms with van der Waals surface area (Å²) < 4.78 is 1.46. The Kier molecular flexibility index (Phi) is 6.16. The molecule has 0 unspecified atom stereocenters. The van der Waals surface area contributed by atoms with Crippen LogP contribution in [-0.2, 0) is 11.2 Å². The predicted octanol–water partition coefficient (Wildman–Crippen LogP) is 3.13. The van der Waals surface area contributed by atoms with E-state index in [1.54, 1.807) is 12.1 Å². The van der Waals surface area contributed by atoms with E-state index < -0.39 is 0 Å². The minimum Gasteiger partial charge on any atom is -0.353 e. The lowest BCUT2D eigenvalue weighted by atomic mass is 10.1. The summed E-state index contributed by atoms with van der Waals surface area (Å²) in [6, 6.07) is 19.1. The van der Waals surface area contributed by atoms with Gasteiger partial charge in [-0.25, -0.2) is 0 Å². The Bertz CT molecular complexity index is 1120. The quantitative estimate of drug-likeness (QED) is 0.656. The van der Waals surface area contributed by atoms with E-state index in [1.165, 1.54) is 10.2 Å². The SMILES string of the molecule is Cc1ccc(-n2nc(N3CCCN(C(=O)Cc4ccccc4)CC3)ccc2=O)cc1C. The van der Waals surface area contributed by atoms with Crippen LogP contribution in [0.4, 0.5) is 5.82 Å². The maximum absolute atomic E-state index is 12.8. The van der Waals surface area contributed by atoms with E-state index in [-0.39, 0.29) is 11.5 Å². The van der Waals surface area contributed by atoms with Crippen molar-refractivity contribution in [1.82, 2.24) is 14.7 Å². The number of nitrogens with zero attached hydrogens (tertiary/aromatic N) is 4. The first-order valence-corrected chi connectivity index (χ1v) is 10.8. The normalized spacial score (nSPS) is 14.4. The molecule has 0 atom stereocenters. The average Bonchev–Trinajstić information content (AvgIpc) is 3.03. The number of carbonyl (C=O) groups is 1. The van der Waals surface area contributed by atoms with Gasteiger partial charge in [0.15, 0.2) is 0 Å². The van der Waals surface area contributed by atoms with Crippen LogP contribution in [-0.4, -0.2) is 46.8 Å². The molecule has 1 aromatic heterocycles. The van der Waals surface area contributed by atoms with Gasteiger partial charge in [-0.3, -0.25) is 9.59 Å². The van der Waals surface area contributed by atoms with Gasteiger partial charge in [-0.2, -0.15) is 4.68 Å². The monoisotopic (exact) mass is 416 g/mol. The number of carbonyl (C=O) groups excluding carboxylic acids is 1. The number of amides is 1. The zero-order valence-corrected chi connectivity index (χ0v) is 18.1. The van der Waals surface area contributed by atoms with Gasteiger partial charge in [0.1, 0.15) is 5.82 Å². The second-order valence-electron chi connectivity index (χ2n) is 8.09. The van der Waals surface area contributed by atoms with Crippen molar-refractivity contribution in [2.75, 3.05) is 31.1 Å². The van der Waals surface area contributed by atoms with Crippen LogP contribution in [0.1, 0.15) is 23.1 Å². The summed E-state index contributed by atoms with van der Waals surface area (Å²) in [5.41, 5.74) is 3.96. The topological polar surface area (TPSA) is 58.4 Å². The molecule has 0 saturated carbocycles. The number of aromatic nitrogens is 2. The van der Waals surface area contributed by atoms with E-state index in [9.17, 15) is 9.59 Å². The Morgan fingerprint density at radius 3 is 2.48 bits per heavy atom. The van der Waals surface area contributed by atoms with E-state index in [0.29, 0.717) is 19.5 Å².